The molecule has 16 heavy (non-hydrogen) atoms. The molecule has 84 valence electrons. The number of carboxylic acids is 1. The van der Waals surface area contributed by atoms with Crippen LogP contribution in [0, 0.1) is 0 Å². The van der Waals surface area contributed by atoms with Crippen molar-refractivity contribution >= 4 is 16.7 Å². The zero-order chi connectivity index (χ0) is 12.1. The smallest absolute Gasteiger partial charge is 0.336 e. The molecule has 0 unspecified atom stereocenters. The molecule has 0 saturated heterocycles. The van der Waals surface area contributed by atoms with Gasteiger partial charge in [0.1, 0.15) is 5.75 Å². The molecule has 0 aliphatic rings. The second-order valence-corrected chi connectivity index (χ2v) is 3.02. The standard InChI is InChI=1S/C11H8O3.C2H6/c12-8-4-5-9-7(6-8)2-1-3-10(9)11(13)14;1-2/h1-6,12H,(H,13,14);1-2H3. The summed E-state index contributed by atoms with van der Waals surface area (Å²) in [6, 6.07) is 9.60. The number of hydrogen-bond donors (Lipinski definition) is 2. The van der Waals surface area contributed by atoms with Gasteiger partial charge in [-0.05, 0) is 35.0 Å². The lowest BCUT2D eigenvalue weighted by molar-refractivity contribution is 0.0699. The van der Waals surface area contributed by atoms with Crippen molar-refractivity contribution in [1.82, 2.24) is 0 Å². The first-order valence-electron chi connectivity index (χ1n) is 5.13. The Morgan fingerprint density at radius 1 is 1.12 bits per heavy atom. The first-order valence-corrected chi connectivity index (χ1v) is 5.13. The lowest BCUT2D eigenvalue weighted by atomic mass is 10.0. The van der Waals surface area contributed by atoms with E-state index >= 15 is 0 Å². The molecule has 0 amide bonds. The Balaban J connectivity index is 0.000000606. The maximum Gasteiger partial charge on any atom is 0.336 e. The number of fused-ring (bicyclic) bond motifs is 1. The third kappa shape index (κ3) is 2.31. The molecule has 2 aromatic carbocycles. The molecule has 0 spiro atoms. The Morgan fingerprint density at radius 3 is 2.44 bits per heavy atom. The van der Waals surface area contributed by atoms with Gasteiger partial charge in [-0.3, -0.25) is 0 Å². The maximum absolute atomic E-state index is 10.8. The highest BCUT2D eigenvalue weighted by Gasteiger charge is 2.07. The summed E-state index contributed by atoms with van der Waals surface area (Å²) in [7, 11) is 0. The van der Waals surface area contributed by atoms with E-state index < -0.39 is 5.97 Å². The van der Waals surface area contributed by atoms with Crippen LogP contribution in [0.2, 0.25) is 0 Å². The number of phenolic OH excluding ortho intramolecular Hbond substituents is 1. The van der Waals surface area contributed by atoms with Crippen LogP contribution >= 0.6 is 0 Å². The molecule has 3 nitrogen and oxygen atoms in total. The van der Waals surface area contributed by atoms with Crippen molar-refractivity contribution < 1.29 is 15.0 Å². The minimum Gasteiger partial charge on any atom is -0.508 e. The van der Waals surface area contributed by atoms with Gasteiger partial charge in [-0.25, -0.2) is 4.79 Å². The summed E-state index contributed by atoms with van der Waals surface area (Å²) >= 11 is 0. The van der Waals surface area contributed by atoms with Gasteiger partial charge in [0.2, 0.25) is 0 Å². The van der Waals surface area contributed by atoms with E-state index in [9.17, 15) is 9.90 Å². The minimum atomic E-state index is -0.957. The normalized spacial score (nSPS) is 9.38. The lowest BCUT2D eigenvalue weighted by Crippen LogP contribution is -1.96. The first kappa shape index (κ1) is 12.0. The molecule has 0 bridgehead atoms. The van der Waals surface area contributed by atoms with Gasteiger partial charge in [0, 0.05) is 0 Å². The van der Waals surface area contributed by atoms with Gasteiger partial charge >= 0.3 is 5.97 Å². The van der Waals surface area contributed by atoms with E-state index in [0.717, 1.165) is 5.39 Å². The van der Waals surface area contributed by atoms with E-state index in [1.165, 1.54) is 6.07 Å². The number of aromatic hydroxyl groups is 1. The number of benzene rings is 2. The van der Waals surface area contributed by atoms with Crippen molar-refractivity contribution in [2.24, 2.45) is 0 Å². The molecule has 3 heteroatoms. The summed E-state index contributed by atoms with van der Waals surface area (Å²) in [5, 5.41) is 19.5. The largest absolute Gasteiger partial charge is 0.508 e. The van der Waals surface area contributed by atoms with E-state index in [4.69, 9.17) is 5.11 Å². The van der Waals surface area contributed by atoms with E-state index in [0.29, 0.717) is 5.39 Å². The Hall–Kier alpha value is -2.03. The van der Waals surface area contributed by atoms with E-state index in [-0.39, 0.29) is 11.3 Å². The van der Waals surface area contributed by atoms with Crippen molar-refractivity contribution in [1.29, 1.82) is 0 Å². The molecular weight excluding hydrogens is 204 g/mol. The van der Waals surface area contributed by atoms with Gasteiger partial charge in [-0.2, -0.15) is 0 Å². The number of phenols is 1. The third-order valence-corrected chi connectivity index (χ3v) is 2.09. The Labute approximate surface area is 94.0 Å². The maximum atomic E-state index is 10.8. The van der Waals surface area contributed by atoms with Gasteiger partial charge in [0.05, 0.1) is 5.56 Å². The predicted octanol–water partition coefficient (Wildman–Crippen LogP) is 3.27. The van der Waals surface area contributed by atoms with Crippen LogP contribution in [0.1, 0.15) is 24.2 Å². The average Bonchev–Trinajstić information content (AvgIpc) is 2.30. The van der Waals surface area contributed by atoms with Crippen LogP contribution in [0.5, 0.6) is 5.75 Å². The van der Waals surface area contributed by atoms with E-state index in [2.05, 4.69) is 0 Å². The molecule has 0 aliphatic heterocycles. The predicted molar refractivity (Wildman–Crippen MR) is 63.9 cm³/mol. The minimum absolute atomic E-state index is 0.139. The molecule has 0 radical (unpaired) electrons. The zero-order valence-corrected chi connectivity index (χ0v) is 9.27. The number of carbonyl (C=O) groups is 1. The first-order chi connectivity index (χ1) is 7.68. The summed E-state index contributed by atoms with van der Waals surface area (Å²) in [4.78, 5) is 10.8. The molecule has 2 N–H and O–H groups in total. The molecule has 0 aliphatic carbocycles. The Morgan fingerprint density at radius 2 is 1.81 bits per heavy atom. The van der Waals surface area contributed by atoms with Crippen LogP contribution < -0.4 is 0 Å². The highest BCUT2D eigenvalue weighted by molar-refractivity contribution is 6.03. The molecule has 0 fully saturated rings. The summed E-state index contributed by atoms with van der Waals surface area (Å²) in [5.41, 5.74) is 0.252. The summed E-state index contributed by atoms with van der Waals surface area (Å²) in [5.74, 6) is -0.818. The molecule has 0 aromatic heterocycles. The molecule has 2 rings (SSSR count). The van der Waals surface area contributed by atoms with Crippen LogP contribution in [0.3, 0.4) is 0 Å². The van der Waals surface area contributed by atoms with Crippen molar-refractivity contribution in [3.63, 3.8) is 0 Å². The van der Waals surface area contributed by atoms with Gasteiger partial charge in [-0.1, -0.05) is 26.0 Å². The van der Waals surface area contributed by atoms with Crippen LogP contribution in [0.4, 0.5) is 0 Å². The monoisotopic (exact) mass is 218 g/mol. The third-order valence-electron chi connectivity index (χ3n) is 2.09. The highest BCUT2D eigenvalue weighted by Crippen LogP contribution is 2.22. The average molecular weight is 218 g/mol. The lowest BCUT2D eigenvalue weighted by Gasteiger charge is -2.02. The quantitative estimate of drug-likeness (QED) is 0.772. The second-order valence-electron chi connectivity index (χ2n) is 3.02. The number of hydrogen-bond acceptors (Lipinski definition) is 2. The van der Waals surface area contributed by atoms with Crippen LogP contribution in [0.15, 0.2) is 36.4 Å². The fourth-order valence-corrected chi connectivity index (χ4v) is 1.46. The van der Waals surface area contributed by atoms with E-state index in [1.807, 2.05) is 13.8 Å². The van der Waals surface area contributed by atoms with Crippen LogP contribution in [0.25, 0.3) is 10.8 Å². The van der Waals surface area contributed by atoms with E-state index in [1.54, 1.807) is 30.3 Å². The van der Waals surface area contributed by atoms with Crippen molar-refractivity contribution in [2.45, 2.75) is 13.8 Å². The summed E-state index contributed by atoms with van der Waals surface area (Å²) in [6.07, 6.45) is 0. The molecule has 2 aromatic rings. The highest BCUT2D eigenvalue weighted by atomic mass is 16.4. The topological polar surface area (TPSA) is 57.5 Å². The Kier molecular flexibility index (Phi) is 3.89. The van der Waals surface area contributed by atoms with Crippen molar-refractivity contribution in [3.05, 3.63) is 42.0 Å². The Bertz CT molecular complexity index is 504. The fraction of sp³-hybridized carbons (Fsp3) is 0.154. The number of rotatable bonds is 1. The number of aromatic carboxylic acids is 1. The fourth-order valence-electron chi connectivity index (χ4n) is 1.46. The van der Waals surface area contributed by atoms with Gasteiger partial charge in [0.25, 0.3) is 0 Å². The van der Waals surface area contributed by atoms with Crippen molar-refractivity contribution in [2.75, 3.05) is 0 Å². The van der Waals surface area contributed by atoms with Crippen LogP contribution in [-0.2, 0) is 0 Å². The number of carboxylic acid groups (broad SMARTS) is 1. The molecule has 0 saturated carbocycles. The van der Waals surface area contributed by atoms with Gasteiger partial charge < -0.3 is 10.2 Å². The zero-order valence-electron chi connectivity index (χ0n) is 9.27. The summed E-state index contributed by atoms with van der Waals surface area (Å²) < 4.78 is 0. The molecular formula is C13H14O3. The molecule has 0 atom stereocenters. The van der Waals surface area contributed by atoms with Crippen molar-refractivity contribution in [3.8, 4) is 5.75 Å². The SMILES string of the molecule is CC.O=C(O)c1cccc2cc(O)ccc12. The second kappa shape index (κ2) is 5.16. The van der Waals surface area contributed by atoms with Crippen LogP contribution in [-0.4, -0.2) is 16.2 Å². The van der Waals surface area contributed by atoms with Gasteiger partial charge in [0.15, 0.2) is 0 Å². The summed E-state index contributed by atoms with van der Waals surface area (Å²) in [6.45, 7) is 4.00. The molecule has 0 heterocycles. The van der Waals surface area contributed by atoms with Gasteiger partial charge in [-0.15, -0.1) is 0 Å².